The van der Waals surface area contributed by atoms with E-state index < -0.39 is 16.9 Å². The van der Waals surface area contributed by atoms with E-state index >= 15 is 0 Å². The van der Waals surface area contributed by atoms with Gasteiger partial charge in [0.1, 0.15) is 17.5 Å². The first kappa shape index (κ1) is 15.5. The number of para-hydroxylation sites is 2. The Labute approximate surface area is 125 Å². The van der Waals surface area contributed by atoms with Gasteiger partial charge in [0, 0.05) is 6.07 Å². The van der Waals surface area contributed by atoms with Crippen LogP contribution < -0.4 is 10.6 Å². The third-order valence-electron chi connectivity index (χ3n) is 2.94. The first-order valence-electron chi connectivity index (χ1n) is 6.52. The molecule has 0 spiro atoms. The van der Waals surface area contributed by atoms with Crippen LogP contribution in [0.1, 0.15) is 11.8 Å². The second-order valence-corrected chi connectivity index (χ2v) is 4.45. The van der Waals surface area contributed by atoms with E-state index in [0.29, 0.717) is 5.76 Å². The van der Waals surface area contributed by atoms with E-state index in [1.165, 1.54) is 18.4 Å². The number of nitrogens with one attached hydrogen (secondary N) is 2. The molecule has 1 amide bonds. The van der Waals surface area contributed by atoms with E-state index in [-0.39, 0.29) is 24.5 Å². The number of nitrogens with zero attached hydrogens (tertiary/aromatic N) is 1. The Morgan fingerprint density at radius 1 is 1.32 bits per heavy atom. The fraction of sp³-hybridized carbons (Fsp3) is 0.214. The number of hydrogen-bond acceptors (Lipinski definition) is 6. The molecular formula is C14H15N3O5. The fourth-order valence-corrected chi connectivity index (χ4v) is 1.90. The molecule has 8 nitrogen and oxygen atoms in total. The minimum Gasteiger partial charge on any atom is -0.467 e. The van der Waals surface area contributed by atoms with E-state index in [2.05, 4.69) is 10.6 Å². The van der Waals surface area contributed by atoms with Crippen LogP contribution in [0.2, 0.25) is 0 Å². The van der Waals surface area contributed by atoms with Crippen LogP contribution in [0.3, 0.4) is 0 Å². The van der Waals surface area contributed by atoms with Crippen LogP contribution in [-0.2, 0) is 4.79 Å². The number of nitro benzene ring substituents is 1. The normalized spacial score (nSPS) is 11.7. The SMILES string of the molecule is O=C(CNc1ccccc1[N+](=O)[O-])NC(CO)c1ccco1. The van der Waals surface area contributed by atoms with Crippen LogP contribution in [0.15, 0.2) is 47.1 Å². The number of rotatable bonds is 7. The Hall–Kier alpha value is -2.87. The topological polar surface area (TPSA) is 118 Å². The Kier molecular flexibility index (Phi) is 5.10. The second kappa shape index (κ2) is 7.23. The van der Waals surface area contributed by atoms with Crippen molar-refractivity contribution in [1.82, 2.24) is 5.32 Å². The van der Waals surface area contributed by atoms with Gasteiger partial charge in [-0.1, -0.05) is 12.1 Å². The quantitative estimate of drug-likeness (QED) is 0.526. The number of aliphatic hydroxyl groups is 1. The molecule has 1 atom stereocenters. The summed E-state index contributed by atoms with van der Waals surface area (Å²) >= 11 is 0. The van der Waals surface area contributed by atoms with Gasteiger partial charge in [-0.2, -0.15) is 0 Å². The van der Waals surface area contributed by atoms with Crippen molar-refractivity contribution < 1.29 is 19.2 Å². The third-order valence-corrected chi connectivity index (χ3v) is 2.94. The molecule has 0 radical (unpaired) electrons. The molecule has 2 aromatic rings. The van der Waals surface area contributed by atoms with Gasteiger partial charge in [-0.05, 0) is 18.2 Å². The highest BCUT2D eigenvalue weighted by Gasteiger charge is 2.17. The fourth-order valence-electron chi connectivity index (χ4n) is 1.90. The monoisotopic (exact) mass is 305 g/mol. The molecule has 1 aromatic heterocycles. The molecule has 116 valence electrons. The number of carbonyl (C=O) groups excluding carboxylic acids is 1. The lowest BCUT2D eigenvalue weighted by Gasteiger charge is -2.14. The van der Waals surface area contributed by atoms with Gasteiger partial charge in [0.25, 0.3) is 5.69 Å². The van der Waals surface area contributed by atoms with Crippen LogP contribution in [0.4, 0.5) is 11.4 Å². The number of hydrogen-bond donors (Lipinski definition) is 3. The Bertz CT molecular complexity index is 642. The summed E-state index contributed by atoms with van der Waals surface area (Å²) in [6.07, 6.45) is 1.44. The molecule has 8 heteroatoms. The summed E-state index contributed by atoms with van der Waals surface area (Å²) in [7, 11) is 0. The van der Waals surface area contributed by atoms with Crippen molar-refractivity contribution in [1.29, 1.82) is 0 Å². The molecule has 1 unspecified atom stereocenters. The van der Waals surface area contributed by atoms with Gasteiger partial charge in [0.2, 0.25) is 5.91 Å². The second-order valence-electron chi connectivity index (χ2n) is 4.45. The lowest BCUT2D eigenvalue weighted by Crippen LogP contribution is -2.34. The Morgan fingerprint density at radius 2 is 2.09 bits per heavy atom. The number of aliphatic hydroxyl groups excluding tert-OH is 1. The number of nitro groups is 1. The zero-order valence-corrected chi connectivity index (χ0v) is 11.6. The molecule has 1 heterocycles. The summed E-state index contributed by atoms with van der Waals surface area (Å²) in [6, 6.07) is 8.66. The molecular weight excluding hydrogens is 290 g/mol. The maximum Gasteiger partial charge on any atom is 0.292 e. The highest BCUT2D eigenvalue weighted by molar-refractivity contribution is 5.82. The average Bonchev–Trinajstić information content (AvgIpc) is 3.05. The number of furan rings is 1. The number of anilines is 1. The standard InChI is InChI=1S/C14H15N3O5/c18-9-11(13-6-3-7-22-13)16-14(19)8-15-10-4-1-2-5-12(10)17(20)21/h1-7,11,15,18H,8-9H2,(H,16,19). The van der Waals surface area contributed by atoms with E-state index in [1.54, 1.807) is 24.3 Å². The van der Waals surface area contributed by atoms with Gasteiger partial charge in [-0.25, -0.2) is 0 Å². The lowest BCUT2D eigenvalue weighted by atomic mass is 10.2. The van der Waals surface area contributed by atoms with Crippen LogP contribution in [-0.4, -0.2) is 29.1 Å². The molecule has 0 aliphatic rings. The molecule has 0 bridgehead atoms. The maximum absolute atomic E-state index is 11.9. The predicted molar refractivity (Wildman–Crippen MR) is 78.3 cm³/mol. The zero-order valence-electron chi connectivity index (χ0n) is 11.6. The molecule has 0 saturated heterocycles. The average molecular weight is 305 g/mol. The van der Waals surface area contributed by atoms with Gasteiger partial charge >= 0.3 is 0 Å². The largest absolute Gasteiger partial charge is 0.467 e. The highest BCUT2D eigenvalue weighted by Crippen LogP contribution is 2.22. The molecule has 22 heavy (non-hydrogen) atoms. The minimum absolute atomic E-state index is 0.111. The Morgan fingerprint density at radius 3 is 2.73 bits per heavy atom. The van der Waals surface area contributed by atoms with Gasteiger partial charge in [-0.15, -0.1) is 0 Å². The van der Waals surface area contributed by atoms with Gasteiger partial charge in [0.05, 0.1) is 24.3 Å². The summed E-state index contributed by atoms with van der Waals surface area (Å²) in [5.41, 5.74) is 0.140. The highest BCUT2D eigenvalue weighted by atomic mass is 16.6. The summed E-state index contributed by atoms with van der Waals surface area (Å²) in [4.78, 5) is 22.2. The summed E-state index contributed by atoms with van der Waals surface area (Å²) in [5, 5.41) is 25.4. The first-order chi connectivity index (χ1) is 10.6. The van der Waals surface area contributed by atoms with E-state index in [1.807, 2.05) is 0 Å². The molecule has 0 saturated carbocycles. The van der Waals surface area contributed by atoms with Gasteiger partial charge in [0.15, 0.2) is 0 Å². The Balaban J connectivity index is 1.94. The van der Waals surface area contributed by atoms with Crippen molar-refractivity contribution in [2.75, 3.05) is 18.5 Å². The van der Waals surface area contributed by atoms with Crippen LogP contribution >= 0.6 is 0 Å². The first-order valence-corrected chi connectivity index (χ1v) is 6.52. The maximum atomic E-state index is 11.9. The van der Waals surface area contributed by atoms with Crippen molar-refractivity contribution in [2.45, 2.75) is 6.04 Å². The molecule has 0 aliphatic carbocycles. The third kappa shape index (κ3) is 3.83. The summed E-state index contributed by atoms with van der Waals surface area (Å²) in [6.45, 7) is -0.479. The van der Waals surface area contributed by atoms with Crippen molar-refractivity contribution in [3.8, 4) is 0 Å². The van der Waals surface area contributed by atoms with Crippen molar-refractivity contribution >= 4 is 17.3 Å². The smallest absolute Gasteiger partial charge is 0.292 e. The molecule has 0 fully saturated rings. The van der Waals surface area contributed by atoms with Crippen LogP contribution in [0.5, 0.6) is 0 Å². The van der Waals surface area contributed by atoms with E-state index in [0.717, 1.165) is 0 Å². The molecule has 1 aromatic carbocycles. The van der Waals surface area contributed by atoms with Gasteiger partial charge in [-0.3, -0.25) is 14.9 Å². The molecule has 0 aliphatic heterocycles. The van der Waals surface area contributed by atoms with Crippen molar-refractivity contribution in [2.24, 2.45) is 0 Å². The number of benzene rings is 1. The summed E-state index contributed by atoms with van der Waals surface area (Å²) < 4.78 is 5.12. The predicted octanol–water partition coefficient (Wildman–Crippen LogP) is 1.45. The lowest BCUT2D eigenvalue weighted by molar-refractivity contribution is -0.383. The zero-order chi connectivity index (χ0) is 15.9. The molecule has 2 rings (SSSR count). The van der Waals surface area contributed by atoms with Crippen LogP contribution in [0, 0.1) is 10.1 Å². The van der Waals surface area contributed by atoms with Crippen molar-refractivity contribution in [3.63, 3.8) is 0 Å². The number of carbonyl (C=O) groups is 1. The van der Waals surface area contributed by atoms with Gasteiger partial charge < -0.3 is 20.2 Å². The molecule has 3 N–H and O–H groups in total. The van der Waals surface area contributed by atoms with Crippen molar-refractivity contribution in [3.05, 3.63) is 58.5 Å². The summed E-state index contributed by atoms with van der Waals surface area (Å²) in [5.74, 6) is 0.00939. The van der Waals surface area contributed by atoms with Crippen LogP contribution in [0.25, 0.3) is 0 Å². The number of amides is 1. The minimum atomic E-state index is -0.657. The van der Waals surface area contributed by atoms with E-state index in [9.17, 15) is 20.0 Å². The van der Waals surface area contributed by atoms with E-state index in [4.69, 9.17) is 4.42 Å².